The van der Waals surface area contributed by atoms with Gasteiger partial charge < -0.3 is 10.2 Å². The van der Waals surface area contributed by atoms with Crippen LogP contribution in [0.15, 0.2) is 41.9 Å². The number of aromatic nitrogens is 1. The molecule has 5 nitrogen and oxygen atoms in total. The SMILES string of the molecule is O=C(NCCc1nccs1)[C@@H]1CCN(c2ccccc2)C1=O. The molecule has 1 N–H and O–H groups in total. The molecule has 2 amide bonds. The molecular weight excluding hydrogens is 298 g/mol. The third-order valence-electron chi connectivity index (χ3n) is 3.71. The lowest BCUT2D eigenvalue weighted by Crippen LogP contribution is -2.37. The predicted molar refractivity (Wildman–Crippen MR) is 85.7 cm³/mol. The van der Waals surface area contributed by atoms with Crippen LogP contribution in [-0.2, 0) is 16.0 Å². The number of hydrogen-bond acceptors (Lipinski definition) is 4. The molecule has 0 radical (unpaired) electrons. The van der Waals surface area contributed by atoms with E-state index >= 15 is 0 Å². The van der Waals surface area contributed by atoms with Crippen LogP contribution in [-0.4, -0.2) is 29.9 Å². The Kier molecular flexibility index (Phi) is 4.48. The Bertz CT molecular complexity index is 643. The Morgan fingerprint density at radius 1 is 1.36 bits per heavy atom. The van der Waals surface area contributed by atoms with E-state index in [9.17, 15) is 9.59 Å². The van der Waals surface area contributed by atoms with Gasteiger partial charge in [-0.15, -0.1) is 11.3 Å². The van der Waals surface area contributed by atoms with Gasteiger partial charge >= 0.3 is 0 Å². The first-order valence-corrected chi connectivity index (χ1v) is 8.16. The first-order valence-electron chi connectivity index (χ1n) is 7.28. The highest BCUT2D eigenvalue weighted by atomic mass is 32.1. The normalized spacial score (nSPS) is 17.7. The van der Waals surface area contributed by atoms with E-state index in [0.717, 1.165) is 10.7 Å². The number of carbonyl (C=O) groups excluding carboxylic acids is 2. The number of thiazole rings is 1. The zero-order chi connectivity index (χ0) is 15.4. The van der Waals surface area contributed by atoms with Gasteiger partial charge in [-0.2, -0.15) is 0 Å². The molecule has 1 aliphatic rings. The average Bonchev–Trinajstić information content (AvgIpc) is 3.18. The van der Waals surface area contributed by atoms with Crippen LogP contribution in [0.25, 0.3) is 0 Å². The molecule has 22 heavy (non-hydrogen) atoms. The van der Waals surface area contributed by atoms with Crippen LogP contribution in [0.4, 0.5) is 5.69 Å². The maximum Gasteiger partial charge on any atom is 0.239 e. The molecule has 2 heterocycles. The molecule has 1 aromatic heterocycles. The molecule has 0 saturated carbocycles. The van der Waals surface area contributed by atoms with Crippen molar-refractivity contribution in [1.82, 2.24) is 10.3 Å². The van der Waals surface area contributed by atoms with E-state index in [4.69, 9.17) is 0 Å². The first-order chi connectivity index (χ1) is 10.8. The fraction of sp³-hybridized carbons (Fsp3) is 0.312. The van der Waals surface area contributed by atoms with Crippen LogP contribution in [0.1, 0.15) is 11.4 Å². The fourth-order valence-electron chi connectivity index (χ4n) is 2.58. The van der Waals surface area contributed by atoms with Gasteiger partial charge in [0, 0.05) is 36.8 Å². The second-order valence-corrected chi connectivity index (χ2v) is 6.11. The van der Waals surface area contributed by atoms with Gasteiger partial charge in [-0.3, -0.25) is 9.59 Å². The standard InChI is InChI=1S/C16H17N3O2S/c20-15(18-8-6-14-17-9-11-22-14)13-7-10-19(16(13)21)12-4-2-1-3-5-12/h1-5,9,11,13H,6-8,10H2,(H,18,20)/t13-/m0/s1. The Morgan fingerprint density at radius 3 is 2.91 bits per heavy atom. The van der Waals surface area contributed by atoms with E-state index in [1.165, 1.54) is 0 Å². The molecule has 1 atom stereocenters. The van der Waals surface area contributed by atoms with Gasteiger partial charge in [-0.25, -0.2) is 4.98 Å². The maximum absolute atomic E-state index is 12.4. The molecule has 2 aromatic rings. The molecule has 0 spiro atoms. The van der Waals surface area contributed by atoms with Gasteiger partial charge in [-0.05, 0) is 18.6 Å². The molecule has 6 heteroatoms. The van der Waals surface area contributed by atoms with Crippen molar-refractivity contribution in [3.63, 3.8) is 0 Å². The summed E-state index contributed by atoms with van der Waals surface area (Å²) in [6.07, 6.45) is 3.02. The summed E-state index contributed by atoms with van der Waals surface area (Å²) < 4.78 is 0. The molecule has 1 aromatic carbocycles. The van der Waals surface area contributed by atoms with Crippen LogP contribution in [0.3, 0.4) is 0 Å². The van der Waals surface area contributed by atoms with Gasteiger partial charge in [0.25, 0.3) is 0 Å². The molecule has 3 rings (SSSR count). The van der Waals surface area contributed by atoms with Crippen molar-refractivity contribution >= 4 is 28.8 Å². The second kappa shape index (κ2) is 6.70. The monoisotopic (exact) mass is 315 g/mol. The summed E-state index contributed by atoms with van der Waals surface area (Å²) in [6, 6.07) is 9.47. The maximum atomic E-state index is 12.4. The summed E-state index contributed by atoms with van der Waals surface area (Å²) in [5.74, 6) is -0.866. The second-order valence-electron chi connectivity index (χ2n) is 5.13. The smallest absolute Gasteiger partial charge is 0.239 e. The van der Waals surface area contributed by atoms with Gasteiger partial charge in [0.2, 0.25) is 11.8 Å². The van der Waals surface area contributed by atoms with E-state index in [0.29, 0.717) is 25.9 Å². The van der Waals surface area contributed by atoms with Gasteiger partial charge in [0.1, 0.15) is 5.92 Å². The summed E-state index contributed by atoms with van der Waals surface area (Å²) >= 11 is 1.57. The molecule has 114 valence electrons. The average molecular weight is 315 g/mol. The van der Waals surface area contributed by atoms with Crippen LogP contribution < -0.4 is 10.2 Å². The van der Waals surface area contributed by atoms with Gasteiger partial charge in [0.15, 0.2) is 0 Å². The topological polar surface area (TPSA) is 62.3 Å². The largest absolute Gasteiger partial charge is 0.355 e. The van der Waals surface area contributed by atoms with E-state index in [1.54, 1.807) is 22.4 Å². The Hall–Kier alpha value is -2.21. The lowest BCUT2D eigenvalue weighted by atomic mass is 10.1. The number of carbonyl (C=O) groups is 2. The van der Waals surface area contributed by atoms with Crippen molar-refractivity contribution < 1.29 is 9.59 Å². The van der Waals surface area contributed by atoms with E-state index in [2.05, 4.69) is 10.3 Å². The van der Waals surface area contributed by atoms with Crippen LogP contribution in [0, 0.1) is 5.92 Å². The van der Waals surface area contributed by atoms with Crippen molar-refractivity contribution in [2.24, 2.45) is 5.92 Å². The number of para-hydroxylation sites is 1. The third-order valence-corrected chi connectivity index (χ3v) is 4.55. The minimum atomic E-state index is -0.573. The number of anilines is 1. The fourth-order valence-corrected chi connectivity index (χ4v) is 3.20. The summed E-state index contributed by atoms with van der Waals surface area (Å²) in [4.78, 5) is 30.4. The molecule has 1 saturated heterocycles. The van der Waals surface area contributed by atoms with Crippen LogP contribution in [0.5, 0.6) is 0 Å². The van der Waals surface area contributed by atoms with E-state index in [1.807, 2.05) is 35.7 Å². The zero-order valence-electron chi connectivity index (χ0n) is 12.1. The molecule has 0 aliphatic carbocycles. The van der Waals surface area contributed by atoms with Crippen molar-refractivity contribution in [2.45, 2.75) is 12.8 Å². The van der Waals surface area contributed by atoms with E-state index < -0.39 is 5.92 Å². The van der Waals surface area contributed by atoms with Crippen LogP contribution >= 0.6 is 11.3 Å². The number of nitrogens with zero attached hydrogens (tertiary/aromatic N) is 2. The number of nitrogens with one attached hydrogen (secondary N) is 1. The van der Waals surface area contributed by atoms with Crippen molar-refractivity contribution in [1.29, 1.82) is 0 Å². The quantitative estimate of drug-likeness (QED) is 0.857. The molecular formula is C16H17N3O2S. The third kappa shape index (κ3) is 3.17. The number of benzene rings is 1. The minimum Gasteiger partial charge on any atom is -0.355 e. The first kappa shape index (κ1) is 14.7. The summed E-state index contributed by atoms with van der Waals surface area (Å²) in [6.45, 7) is 1.11. The summed E-state index contributed by atoms with van der Waals surface area (Å²) in [7, 11) is 0. The lowest BCUT2D eigenvalue weighted by molar-refractivity contribution is -0.132. The highest BCUT2D eigenvalue weighted by molar-refractivity contribution is 7.09. The zero-order valence-corrected chi connectivity index (χ0v) is 12.9. The van der Waals surface area contributed by atoms with E-state index in [-0.39, 0.29) is 11.8 Å². The molecule has 1 aliphatic heterocycles. The van der Waals surface area contributed by atoms with Crippen molar-refractivity contribution in [3.8, 4) is 0 Å². The molecule has 0 bridgehead atoms. The Morgan fingerprint density at radius 2 is 2.18 bits per heavy atom. The molecule has 0 unspecified atom stereocenters. The van der Waals surface area contributed by atoms with Gasteiger partial charge in [0.05, 0.1) is 5.01 Å². The van der Waals surface area contributed by atoms with Crippen LogP contribution in [0.2, 0.25) is 0 Å². The Balaban J connectivity index is 1.54. The summed E-state index contributed by atoms with van der Waals surface area (Å²) in [5, 5.41) is 5.75. The highest BCUT2D eigenvalue weighted by Crippen LogP contribution is 2.25. The van der Waals surface area contributed by atoms with Crippen molar-refractivity contribution in [3.05, 3.63) is 46.9 Å². The summed E-state index contributed by atoms with van der Waals surface area (Å²) in [5.41, 5.74) is 0.852. The number of amides is 2. The number of hydrogen-bond donors (Lipinski definition) is 1. The highest BCUT2D eigenvalue weighted by Gasteiger charge is 2.37. The number of rotatable bonds is 5. The van der Waals surface area contributed by atoms with Gasteiger partial charge in [-0.1, -0.05) is 18.2 Å². The molecule has 1 fully saturated rings. The lowest BCUT2D eigenvalue weighted by Gasteiger charge is -2.16. The Labute approximate surface area is 133 Å². The predicted octanol–water partition coefficient (Wildman–Crippen LogP) is 1.85. The minimum absolute atomic E-state index is 0.113. The van der Waals surface area contributed by atoms with Crippen molar-refractivity contribution in [2.75, 3.05) is 18.0 Å².